The van der Waals surface area contributed by atoms with Crippen LogP contribution in [0.15, 0.2) is 41.7 Å². The summed E-state index contributed by atoms with van der Waals surface area (Å²) < 4.78 is 43.8. The third-order valence-corrected chi connectivity index (χ3v) is 12.5. The molecule has 15 atom stereocenters. The van der Waals surface area contributed by atoms with Crippen LogP contribution in [0.4, 0.5) is 0 Å². The molecule has 4 rings (SSSR count). The van der Waals surface area contributed by atoms with Crippen LogP contribution in [0.2, 0.25) is 0 Å². The van der Waals surface area contributed by atoms with Crippen molar-refractivity contribution in [1.29, 1.82) is 0 Å². The van der Waals surface area contributed by atoms with Crippen molar-refractivity contribution in [2.45, 2.75) is 167 Å². The Hall–Kier alpha value is -3.42. The third kappa shape index (κ3) is 13.3. The standard InChI is InChI=1S/C45H74N4O13/c1-12-14-15-32-23-49(47-46-32)19-18-30-21-26(4)33(50)17-16-25(3)20-31(24-58-45-43(57-11)42(56-10)39(54)29(7)60-45)35(13-2)61-36(52)22-34(51)27(5)41(30)62-44-40(55)37(48(8)9)38(53)28(6)59-44/h16-17,20,23,26-31,34-35,37-42,44,51,53-55H,12-15,18-19,21-22,24H2,1-11H3/b17-16+,25-20+/t26-,27+,28-,29?,30+,31-,34-,35-,37?,38-,39-,40?,41-,42+,44+/m1/s1. The molecule has 1 aromatic heterocycles. The highest BCUT2D eigenvalue weighted by atomic mass is 16.7. The molecule has 1 saturated heterocycles. The summed E-state index contributed by atoms with van der Waals surface area (Å²) in [4.78, 5) is 29.5. The number of carbonyl (C=O) groups excluding carboxylic acids is 2. The predicted molar refractivity (Wildman–Crippen MR) is 228 cm³/mol. The van der Waals surface area contributed by atoms with Crippen molar-refractivity contribution in [2.75, 3.05) is 34.9 Å². The number of methoxy groups -OCH3 is 2. The average Bonchev–Trinajstić information content (AvgIpc) is 3.69. The number of esters is 1. The van der Waals surface area contributed by atoms with E-state index in [1.165, 1.54) is 20.3 Å². The Morgan fingerprint density at radius 3 is 2.34 bits per heavy atom. The van der Waals surface area contributed by atoms with Crippen LogP contribution < -0.4 is 0 Å². The van der Waals surface area contributed by atoms with E-state index >= 15 is 0 Å². The predicted octanol–water partition coefficient (Wildman–Crippen LogP) is 3.47. The lowest BCUT2D eigenvalue weighted by Crippen LogP contribution is -2.63. The minimum atomic E-state index is -1.28. The Bertz CT molecular complexity index is 1670. The van der Waals surface area contributed by atoms with E-state index in [4.69, 9.17) is 33.2 Å². The first-order valence-corrected chi connectivity index (χ1v) is 22.2. The topological polar surface area (TPSA) is 214 Å². The summed E-state index contributed by atoms with van der Waals surface area (Å²) in [5.41, 5.74) is 1.60. The lowest BCUT2D eigenvalue weighted by atomic mass is 9.79. The minimum Gasteiger partial charge on any atom is -0.492 e. The summed E-state index contributed by atoms with van der Waals surface area (Å²) in [6.07, 6.45) is 1.12. The molecule has 62 heavy (non-hydrogen) atoms. The van der Waals surface area contributed by atoms with Crippen LogP contribution in [0, 0.1) is 23.7 Å². The summed E-state index contributed by atoms with van der Waals surface area (Å²) in [5, 5.41) is 53.8. The number of aromatic nitrogens is 3. The van der Waals surface area contributed by atoms with E-state index < -0.39 is 96.9 Å². The Labute approximate surface area is 367 Å². The number of ketones is 1. The highest BCUT2D eigenvalue weighted by molar-refractivity contribution is 5.91. The molecule has 17 heteroatoms. The normalized spacial score (nSPS) is 37.0. The number of nitrogens with zero attached hydrogens (tertiary/aromatic N) is 4. The summed E-state index contributed by atoms with van der Waals surface area (Å²) in [6, 6.07) is -0.719. The molecule has 1 fully saturated rings. The molecule has 4 heterocycles. The first-order chi connectivity index (χ1) is 29.4. The number of aryl methyl sites for hydroxylation is 2. The number of allylic oxidation sites excluding steroid dienone is 3. The van der Waals surface area contributed by atoms with Gasteiger partial charge in [0.05, 0.1) is 49.7 Å². The molecule has 3 unspecified atom stereocenters. The quantitative estimate of drug-likeness (QED) is 0.186. The van der Waals surface area contributed by atoms with Crippen molar-refractivity contribution < 1.29 is 63.2 Å². The van der Waals surface area contributed by atoms with Crippen LogP contribution in [0.3, 0.4) is 0 Å². The fraction of sp³-hybridized carbons (Fsp3) is 0.778. The number of rotatable bonds is 15. The zero-order valence-electron chi connectivity index (χ0n) is 38.6. The zero-order chi connectivity index (χ0) is 45.8. The molecule has 0 aromatic carbocycles. The summed E-state index contributed by atoms with van der Waals surface area (Å²) in [7, 11) is 6.38. The van der Waals surface area contributed by atoms with E-state index in [0.717, 1.165) is 30.5 Å². The second kappa shape index (κ2) is 24.0. The van der Waals surface area contributed by atoms with Crippen LogP contribution in [-0.4, -0.2) is 154 Å². The zero-order valence-corrected chi connectivity index (χ0v) is 38.6. The maximum atomic E-state index is 13.9. The lowest BCUT2D eigenvalue weighted by molar-refractivity contribution is -0.304. The number of hydrogen-bond donors (Lipinski definition) is 4. The number of unbranched alkanes of at least 4 members (excludes halogenated alkanes) is 1. The molecule has 3 aliphatic rings. The lowest BCUT2D eigenvalue weighted by Gasteiger charge is -2.46. The fourth-order valence-electron chi connectivity index (χ4n) is 8.60. The third-order valence-electron chi connectivity index (χ3n) is 12.5. The van der Waals surface area contributed by atoms with Crippen LogP contribution in [-0.2, 0) is 55.7 Å². The maximum absolute atomic E-state index is 13.9. The molecule has 3 aliphatic heterocycles. The van der Waals surface area contributed by atoms with Gasteiger partial charge < -0.3 is 58.5 Å². The number of cyclic esters (lactones) is 1. The number of aliphatic hydroxyl groups is 4. The highest BCUT2D eigenvalue weighted by Crippen LogP contribution is 2.35. The molecular weight excluding hydrogens is 805 g/mol. The van der Waals surface area contributed by atoms with Crippen molar-refractivity contribution in [3.63, 3.8) is 0 Å². The number of hydrogen-bond acceptors (Lipinski definition) is 16. The first-order valence-electron chi connectivity index (χ1n) is 22.2. The van der Waals surface area contributed by atoms with Gasteiger partial charge in [-0.2, -0.15) is 0 Å². The molecule has 0 radical (unpaired) electrons. The second-order valence-electron chi connectivity index (χ2n) is 17.5. The molecule has 352 valence electrons. The number of likely N-dealkylation sites (N-methyl/N-ethyl adjacent to an activating group) is 1. The van der Waals surface area contributed by atoms with Gasteiger partial charge in [-0.25, -0.2) is 0 Å². The van der Waals surface area contributed by atoms with Gasteiger partial charge in [0, 0.05) is 37.6 Å². The molecule has 17 nitrogen and oxygen atoms in total. The van der Waals surface area contributed by atoms with E-state index in [2.05, 4.69) is 17.2 Å². The number of ether oxygens (including phenoxy) is 7. The minimum absolute atomic E-state index is 0.0318. The van der Waals surface area contributed by atoms with E-state index in [0.29, 0.717) is 25.8 Å². The van der Waals surface area contributed by atoms with Gasteiger partial charge >= 0.3 is 11.9 Å². The van der Waals surface area contributed by atoms with Crippen LogP contribution in [0.1, 0.15) is 92.7 Å². The van der Waals surface area contributed by atoms with Gasteiger partial charge in [0.25, 0.3) is 0 Å². The molecule has 0 aliphatic carbocycles. The highest BCUT2D eigenvalue weighted by Gasteiger charge is 2.47. The number of aliphatic hydroxyl groups excluding tert-OH is 4. The molecule has 4 N–H and O–H groups in total. The average molecular weight is 879 g/mol. The van der Waals surface area contributed by atoms with Crippen LogP contribution in [0.25, 0.3) is 0 Å². The van der Waals surface area contributed by atoms with Crippen molar-refractivity contribution in [1.82, 2.24) is 19.9 Å². The maximum Gasteiger partial charge on any atom is 0.322 e. The van der Waals surface area contributed by atoms with Gasteiger partial charge in [0.15, 0.2) is 18.2 Å². The Morgan fingerprint density at radius 2 is 1.69 bits per heavy atom. The van der Waals surface area contributed by atoms with E-state index in [-0.39, 0.29) is 30.5 Å². The van der Waals surface area contributed by atoms with Crippen molar-refractivity contribution >= 4 is 11.8 Å². The van der Waals surface area contributed by atoms with Gasteiger partial charge in [-0.1, -0.05) is 57.1 Å². The van der Waals surface area contributed by atoms with Crippen molar-refractivity contribution in [3.8, 4) is 0 Å². The van der Waals surface area contributed by atoms with E-state index in [1.807, 2.05) is 33.0 Å². The molecule has 1 aromatic rings. The summed E-state index contributed by atoms with van der Waals surface area (Å²) >= 11 is 0. The smallest absolute Gasteiger partial charge is 0.322 e. The SMILES string of the molecule is CCCCc1cn(CC[C@H]2C[C@@H](C)C(=O)/C=C/C(C)=C/[C@H](COC3=C(OC)[C@@H](OC)[C@H](O)C(C)O3)[C@@H](CC)OC(=O)C[C@@H](O)[C@H](C)[C@H]2O[C@@H]2O[C@H](C)[C@@H](O)C(N(C)C)C2O)nn1. The largest absolute Gasteiger partial charge is 0.492 e. The monoisotopic (exact) mass is 879 g/mol. The molecule has 0 amide bonds. The number of carbonyl (C=O) groups is 2. The second-order valence-corrected chi connectivity index (χ2v) is 17.5. The van der Waals surface area contributed by atoms with E-state index in [9.17, 15) is 30.0 Å². The first kappa shape index (κ1) is 51.2. The summed E-state index contributed by atoms with van der Waals surface area (Å²) in [5.74, 6) is -2.75. The molecule has 0 bridgehead atoms. The van der Waals surface area contributed by atoms with Gasteiger partial charge in [-0.15, -0.1) is 5.10 Å². The fourth-order valence-corrected chi connectivity index (χ4v) is 8.60. The van der Waals surface area contributed by atoms with Gasteiger partial charge in [-0.05, 0) is 79.0 Å². The Balaban J connectivity index is 1.71. The molecule has 0 spiro atoms. The van der Waals surface area contributed by atoms with E-state index in [1.54, 1.807) is 50.5 Å². The molecular formula is C45H74N4O13. The van der Waals surface area contributed by atoms with Crippen LogP contribution >= 0.6 is 0 Å². The van der Waals surface area contributed by atoms with Crippen molar-refractivity contribution in [2.24, 2.45) is 23.7 Å². The summed E-state index contributed by atoms with van der Waals surface area (Å²) in [6.45, 7) is 13.2. The van der Waals surface area contributed by atoms with Gasteiger partial charge in [0.2, 0.25) is 5.76 Å². The Kier molecular flexibility index (Phi) is 19.9. The van der Waals surface area contributed by atoms with Crippen LogP contribution in [0.5, 0.6) is 0 Å². The van der Waals surface area contributed by atoms with Crippen molar-refractivity contribution in [3.05, 3.63) is 47.4 Å². The van der Waals surface area contributed by atoms with Gasteiger partial charge in [0.1, 0.15) is 31.0 Å². The Morgan fingerprint density at radius 1 is 0.968 bits per heavy atom. The molecule has 0 saturated carbocycles. The van der Waals surface area contributed by atoms with Gasteiger partial charge in [-0.3, -0.25) is 14.3 Å².